The largest absolute Gasteiger partial charge is 0.309 e. The van der Waals surface area contributed by atoms with Crippen LogP contribution in [0.4, 0.5) is 17.2 Å². The molecule has 0 fully saturated rings. The van der Waals surface area contributed by atoms with Crippen LogP contribution < -0.4 is 25.6 Å². The van der Waals surface area contributed by atoms with E-state index in [1.807, 2.05) is 24.5 Å². The molecule has 4 heterocycles. The van der Waals surface area contributed by atoms with E-state index >= 15 is 0 Å². The molecule has 0 N–H and O–H groups in total. The van der Waals surface area contributed by atoms with Crippen molar-refractivity contribution in [1.29, 1.82) is 0 Å². The fourth-order valence-corrected chi connectivity index (χ4v) is 15.1. The highest BCUT2D eigenvalue weighted by Crippen LogP contribution is 2.55. The zero-order chi connectivity index (χ0) is 40.3. The lowest BCUT2D eigenvalue weighted by atomic mass is 9.72. The molecule has 60 heavy (non-hydrogen) atoms. The molecular weight excluding hydrogens is 745 g/mol. The summed E-state index contributed by atoms with van der Waals surface area (Å²) in [6.45, 7) is 4.81. The third-order valence-electron chi connectivity index (χ3n) is 12.6. The van der Waals surface area contributed by atoms with E-state index in [9.17, 15) is 0 Å². The summed E-state index contributed by atoms with van der Waals surface area (Å²) in [5, 5.41) is 7.71. The molecule has 7 aromatic carbocycles. The fraction of sp³-hybridized carbons (Fsp3) is 0.0545. The first-order chi connectivity index (χ1) is 29.6. The minimum Gasteiger partial charge on any atom is -0.309 e. The van der Waals surface area contributed by atoms with Gasteiger partial charge in [0.25, 0.3) is 0 Å². The second kappa shape index (κ2) is 14.2. The molecule has 3 aromatic heterocycles. The molecule has 0 unspecified atom stereocenters. The Morgan fingerprint density at radius 2 is 1.12 bits per heavy atom. The Labute approximate surface area is 351 Å². The standard InChI is InChI=1S/C55H42N4Si/c1-55(2)45-30-13-15-33-48(45)59(51-34-17-19-36-57-51)49-38-50(54-52(53(49)55)44-29-12-14-32-47(44)58(54)40-22-6-3-7-23-40)60(41-24-8-4-9-25-41,42-26-10-5-11-27-42)43-28-20-21-39(37-43)46-31-16-18-35-56-46/h3-38H,1-2H3. The molecule has 0 saturated heterocycles. The minimum absolute atomic E-state index is 0.373. The van der Waals surface area contributed by atoms with Crippen molar-refractivity contribution in [2.75, 3.05) is 4.90 Å². The van der Waals surface area contributed by atoms with E-state index < -0.39 is 8.07 Å². The first-order valence-electron chi connectivity index (χ1n) is 20.7. The third-order valence-corrected chi connectivity index (χ3v) is 17.3. The molecule has 0 spiro atoms. The van der Waals surface area contributed by atoms with Crippen LogP contribution in [0.25, 0.3) is 38.8 Å². The number of hydrogen-bond acceptors (Lipinski definition) is 3. The molecule has 5 heteroatoms. The highest BCUT2D eigenvalue weighted by molar-refractivity contribution is 7.20. The Kier molecular flexibility index (Phi) is 8.46. The minimum atomic E-state index is -3.28. The summed E-state index contributed by atoms with van der Waals surface area (Å²) in [7, 11) is -3.28. The fourth-order valence-electron chi connectivity index (χ4n) is 10.1. The topological polar surface area (TPSA) is 34.0 Å². The van der Waals surface area contributed by atoms with Gasteiger partial charge in [-0.3, -0.25) is 9.88 Å². The van der Waals surface area contributed by atoms with Crippen LogP contribution in [0.15, 0.2) is 219 Å². The van der Waals surface area contributed by atoms with Crippen molar-refractivity contribution >= 4 is 67.8 Å². The molecule has 1 aliphatic rings. The second-order valence-corrected chi connectivity index (χ2v) is 19.9. The quantitative estimate of drug-likeness (QED) is 0.119. The first kappa shape index (κ1) is 35.8. The third kappa shape index (κ3) is 5.36. The Bertz CT molecular complexity index is 3120. The lowest BCUT2D eigenvalue weighted by molar-refractivity contribution is 0.638. The van der Waals surface area contributed by atoms with Gasteiger partial charge in [0.1, 0.15) is 5.82 Å². The number of nitrogens with zero attached hydrogens (tertiary/aromatic N) is 4. The van der Waals surface area contributed by atoms with Crippen molar-refractivity contribution in [3.05, 3.63) is 230 Å². The number of aromatic nitrogens is 3. The molecule has 4 nitrogen and oxygen atoms in total. The zero-order valence-electron chi connectivity index (χ0n) is 33.6. The van der Waals surface area contributed by atoms with Crippen molar-refractivity contribution in [1.82, 2.24) is 14.5 Å². The van der Waals surface area contributed by atoms with Crippen LogP contribution in [0.5, 0.6) is 0 Å². The number of benzene rings is 7. The Hall–Kier alpha value is -7.34. The van der Waals surface area contributed by atoms with Gasteiger partial charge in [-0.1, -0.05) is 166 Å². The molecular formula is C55H42N4Si. The van der Waals surface area contributed by atoms with Crippen LogP contribution in [0, 0.1) is 0 Å². The molecule has 286 valence electrons. The normalized spacial score (nSPS) is 13.3. The average molecular weight is 787 g/mol. The van der Waals surface area contributed by atoms with Gasteiger partial charge in [-0.25, -0.2) is 4.98 Å². The zero-order valence-corrected chi connectivity index (χ0v) is 34.6. The van der Waals surface area contributed by atoms with Crippen LogP contribution in [-0.2, 0) is 5.41 Å². The predicted molar refractivity (Wildman–Crippen MR) is 252 cm³/mol. The number of para-hydroxylation sites is 3. The van der Waals surface area contributed by atoms with E-state index in [1.165, 1.54) is 53.7 Å². The Morgan fingerprint density at radius 3 is 1.82 bits per heavy atom. The van der Waals surface area contributed by atoms with Crippen molar-refractivity contribution < 1.29 is 0 Å². The van der Waals surface area contributed by atoms with Gasteiger partial charge in [0.2, 0.25) is 0 Å². The summed E-state index contributed by atoms with van der Waals surface area (Å²) in [5.74, 6) is 0.891. The number of rotatable bonds is 7. The smallest absolute Gasteiger partial charge is 0.182 e. The van der Waals surface area contributed by atoms with Crippen molar-refractivity contribution in [3.8, 4) is 16.9 Å². The molecule has 0 amide bonds. The van der Waals surface area contributed by atoms with E-state index in [4.69, 9.17) is 9.97 Å². The lowest BCUT2D eigenvalue weighted by Crippen LogP contribution is -2.75. The maximum atomic E-state index is 5.08. The van der Waals surface area contributed by atoms with E-state index in [-0.39, 0.29) is 5.41 Å². The first-order valence-corrected chi connectivity index (χ1v) is 22.7. The summed E-state index contributed by atoms with van der Waals surface area (Å²) in [6, 6.07) is 75.7. The van der Waals surface area contributed by atoms with E-state index in [1.54, 1.807) is 0 Å². The van der Waals surface area contributed by atoms with Gasteiger partial charge in [0.15, 0.2) is 8.07 Å². The van der Waals surface area contributed by atoms with E-state index in [0.29, 0.717) is 0 Å². The molecule has 0 atom stereocenters. The van der Waals surface area contributed by atoms with Crippen LogP contribution in [0.1, 0.15) is 25.0 Å². The summed E-state index contributed by atoms with van der Waals surface area (Å²) in [6.07, 6.45) is 3.80. The molecule has 0 bridgehead atoms. The number of pyridine rings is 2. The maximum Gasteiger partial charge on any atom is 0.182 e. The van der Waals surface area contributed by atoms with E-state index in [2.05, 4.69) is 217 Å². The second-order valence-electron chi connectivity index (χ2n) is 16.2. The Morgan fingerprint density at radius 1 is 0.500 bits per heavy atom. The van der Waals surface area contributed by atoms with Gasteiger partial charge >= 0.3 is 0 Å². The van der Waals surface area contributed by atoms with Crippen LogP contribution in [0.2, 0.25) is 0 Å². The summed E-state index contributed by atoms with van der Waals surface area (Å²) < 4.78 is 2.55. The Balaban J connectivity index is 1.42. The summed E-state index contributed by atoms with van der Waals surface area (Å²) >= 11 is 0. The van der Waals surface area contributed by atoms with Gasteiger partial charge in [0.05, 0.1) is 28.1 Å². The number of fused-ring (bicyclic) bond motifs is 6. The monoisotopic (exact) mass is 786 g/mol. The van der Waals surface area contributed by atoms with Gasteiger partial charge in [-0.2, -0.15) is 0 Å². The molecule has 10 aromatic rings. The summed E-state index contributed by atoms with van der Waals surface area (Å²) in [4.78, 5) is 12.4. The number of hydrogen-bond donors (Lipinski definition) is 0. The summed E-state index contributed by atoms with van der Waals surface area (Å²) in [5.41, 5.74) is 10.1. The molecule has 1 aliphatic heterocycles. The highest BCUT2D eigenvalue weighted by atomic mass is 28.3. The van der Waals surface area contributed by atoms with Crippen LogP contribution >= 0.6 is 0 Å². The van der Waals surface area contributed by atoms with Gasteiger partial charge in [0, 0.05) is 39.8 Å². The highest BCUT2D eigenvalue weighted by Gasteiger charge is 2.47. The van der Waals surface area contributed by atoms with Gasteiger partial charge < -0.3 is 4.57 Å². The predicted octanol–water partition coefficient (Wildman–Crippen LogP) is 10.7. The van der Waals surface area contributed by atoms with Crippen LogP contribution in [0.3, 0.4) is 0 Å². The molecule has 0 radical (unpaired) electrons. The molecule has 0 aliphatic carbocycles. The number of anilines is 3. The van der Waals surface area contributed by atoms with Gasteiger partial charge in [-0.05, 0) is 86.5 Å². The lowest BCUT2D eigenvalue weighted by Gasteiger charge is -2.44. The molecule has 11 rings (SSSR count). The van der Waals surface area contributed by atoms with Gasteiger partial charge in [-0.15, -0.1) is 0 Å². The van der Waals surface area contributed by atoms with Crippen molar-refractivity contribution in [3.63, 3.8) is 0 Å². The maximum absolute atomic E-state index is 5.08. The van der Waals surface area contributed by atoms with E-state index in [0.717, 1.165) is 34.1 Å². The average Bonchev–Trinajstić information content (AvgIpc) is 3.66. The van der Waals surface area contributed by atoms with Crippen molar-refractivity contribution in [2.45, 2.75) is 19.3 Å². The molecule has 0 saturated carbocycles. The van der Waals surface area contributed by atoms with Crippen molar-refractivity contribution in [2.24, 2.45) is 0 Å². The SMILES string of the molecule is CC1(C)c2ccccc2N(c2ccccn2)c2cc([Si](c3ccccc3)(c3ccccc3)c3cccc(-c4ccccn4)c3)c3c(c21)c1ccccc1n3-c1ccccc1. The van der Waals surface area contributed by atoms with Crippen LogP contribution in [-0.4, -0.2) is 22.6 Å².